The second-order valence-corrected chi connectivity index (χ2v) is 6.02. The van der Waals surface area contributed by atoms with Crippen LogP contribution in [0.3, 0.4) is 0 Å². The van der Waals surface area contributed by atoms with Crippen molar-refractivity contribution in [3.05, 3.63) is 11.6 Å². The van der Waals surface area contributed by atoms with Crippen molar-refractivity contribution in [3.8, 4) is 0 Å². The SMILES string of the molecule is CCC(CC)O[C@@H]1C=C(C(=O)O)C[C@H](NC(N)=S)[C@H]1NC(C)=O. The van der Waals surface area contributed by atoms with Gasteiger partial charge in [0, 0.05) is 18.9 Å². The molecule has 0 aromatic heterocycles. The van der Waals surface area contributed by atoms with Gasteiger partial charge in [-0.1, -0.05) is 13.8 Å². The average molecular weight is 343 g/mol. The first-order chi connectivity index (χ1) is 10.8. The number of ether oxygens (including phenoxy) is 1. The highest BCUT2D eigenvalue weighted by molar-refractivity contribution is 7.80. The number of carboxylic acid groups (broad SMARTS) is 1. The number of aliphatic carboxylic acids is 1. The molecule has 8 heteroatoms. The maximum absolute atomic E-state index is 11.5. The summed E-state index contributed by atoms with van der Waals surface area (Å²) in [7, 11) is 0. The normalized spacial score (nSPS) is 24.0. The van der Waals surface area contributed by atoms with E-state index in [2.05, 4.69) is 10.6 Å². The summed E-state index contributed by atoms with van der Waals surface area (Å²) in [4.78, 5) is 22.9. The van der Waals surface area contributed by atoms with Crippen LogP contribution in [-0.2, 0) is 14.3 Å². The van der Waals surface area contributed by atoms with E-state index in [9.17, 15) is 14.7 Å². The van der Waals surface area contributed by atoms with Gasteiger partial charge in [-0.2, -0.15) is 0 Å². The highest BCUT2D eigenvalue weighted by Crippen LogP contribution is 2.24. The smallest absolute Gasteiger partial charge is 0.331 e. The van der Waals surface area contributed by atoms with Crippen LogP contribution in [0, 0.1) is 0 Å². The lowest BCUT2D eigenvalue weighted by atomic mass is 9.87. The highest BCUT2D eigenvalue weighted by atomic mass is 32.1. The largest absolute Gasteiger partial charge is 0.478 e. The van der Waals surface area contributed by atoms with Crippen LogP contribution in [0.15, 0.2) is 11.6 Å². The summed E-state index contributed by atoms with van der Waals surface area (Å²) >= 11 is 4.87. The molecule has 0 aliphatic heterocycles. The number of hydrogen-bond donors (Lipinski definition) is 4. The summed E-state index contributed by atoms with van der Waals surface area (Å²) in [5.41, 5.74) is 5.76. The third-order valence-electron chi connectivity index (χ3n) is 3.83. The van der Waals surface area contributed by atoms with Crippen molar-refractivity contribution in [2.45, 2.75) is 64.3 Å². The Balaban J connectivity index is 3.12. The van der Waals surface area contributed by atoms with Gasteiger partial charge in [0.1, 0.15) is 0 Å². The van der Waals surface area contributed by atoms with Crippen molar-refractivity contribution in [1.82, 2.24) is 10.6 Å². The fourth-order valence-electron chi connectivity index (χ4n) is 2.69. The van der Waals surface area contributed by atoms with E-state index < -0.39 is 24.2 Å². The zero-order valence-corrected chi connectivity index (χ0v) is 14.5. The second-order valence-electron chi connectivity index (χ2n) is 5.58. The third kappa shape index (κ3) is 5.80. The molecule has 1 rings (SSSR count). The van der Waals surface area contributed by atoms with Crippen LogP contribution in [-0.4, -0.2) is 46.4 Å². The molecule has 0 unspecified atom stereocenters. The Hall–Kier alpha value is -1.67. The zero-order valence-electron chi connectivity index (χ0n) is 13.7. The molecule has 0 aromatic carbocycles. The van der Waals surface area contributed by atoms with E-state index in [1.165, 1.54) is 6.92 Å². The van der Waals surface area contributed by atoms with Gasteiger partial charge in [0.15, 0.2) is 5.11 Å². The van der Waals surface area contributed by atoms with Gasteiger partial charge in [0.05, 0.1) is 24.3 Å². The topological polar surface area (TPSA) is 114 Å². The Morgan fingerprint density at radius 2 is 2.04 bits per heavy atom. The second kappa shape index (κ2) is 8.83. The molecule has 1 aliphatic carbocycles. The van der Waals surface area contributed by atoms with Crippen molar-refractivity contribution >= 4 is 29.2 Å². The van der Waals surface area contributed by atoms with Crippen LogP contribution in [0.1, 0.15) is 40.0 Å². The number of carboxylic acids is 1. The first-order valence-electron chi connectivity index (χ1n) is 7.70. The van der Waals surface area contributed by atoms with Crippen LogP contribution in [0.4, 0.5) is 0 Å². The van der Waals surface area contributed by atoms with Crippen LogP contribution in [0.2, 0.25) is 0 Å². The number of amides is 1. The molecule has 0 heterocycles. The molecule has 23 heavy (non-hydrogen) atoms. The molecule has 0 radical (unpaired) electrons. The summed E-state index contributed by atoms with van der Waals surface area (Å²) in [6.07, 6.45) is 2.77. The molecule has 0 saturated carbocycles. The van der Waals surface area contributed by atoms with Gasteiger partial charge in [-0.05, 0) is 31.1 Å². The number of hydrogen-bond acceptors (Lipinski definition) is 4. The molecule has 0 aromatic rings. The van der Waals surface area contributed by atoms with Gasteiger partial charge in [-0.3, -0.25) is 4.79 Å². The molecule has 1 amide bonds. The minimum absolute atomic E-state index is 0.0221. The van der Waals surface area contributed by atoms with E-state index in [-0.39, 0.29) is 29.1 Å². The van der Waals surface area contributed by atoms with Gasteiger partial charge in [-0.25, -0.2) is 4.79 Å². The van der Waals surface area contributed by atoms with E-state index in [0.717, 1.165) is 12.8 Å². The van der Waals surface area contributed by atoms with E-state index in [1.54, 1.807) is 6.08 Å². The van der Waals surface area contributed by atoms with Gasteiger partial charge in [0.2, 0.25) is 5.91 Å². The number of carbonyl (C=O) groups is 2. The Bertz CT molecular complexity index is 491. The Morgan fingerprint density at radius 1 is 1.43 bits per heavy atom. The number of nitrogens with two attached hydrogens (primary N) is 1. The fraction of sp³-hybridized carbons (Fsp3) is 0.667. The predicted molar refractivity (Wildman–Crippen MR) is 90.9 cm³/mol. The Kier molecular flexibility index (Phi) is 7.44. The molecule has 3 atom stereocenters. The lowest BCUT2D eigenvalue weighted by Gasteiger charge is -2.38. The highest BCUT2D eigenvalue weighted by Gasteiger charge is 2.37. The minimum atomic E-state index is -1.01. The summed E-state index contributed by atoms with van der Waals surface area (Å²) in [5, 5.41) is 15.1. The van der Waals surface area contributed by atoms with Crippen LogP contribution in [0.5, 0.6) is 0 Å². The molecule has 130 valence electrons. The number of nitrogens with one attached hydrogen (secondary N) is 2. The Morgan fingerprint density at radius 3 is 2.48 bits per heavy atom. The summed E-state index contributed by atoms with van der Waals surface area (Å²) in [5.74, 6) is -1.24. The van der Waals surface area contributed by atoms with Crippen molar-refractivity contribution in [2.75, 3.05) is 0 Å². The molecular weight excluding hydrogens is 318 g/mol. The van der Waals surface area contributed by atoms with Crippen molar-refractivity contribution in [1.29, 1.82) is 0 Å². The summed E-state index contributed by atoms with van der Waals surface area (Å²) < 4.78 is 6.02. The maximum atomic E-state index is 11.5. The number of thiocarbonyl (C=S) groups is 1. The molecule has 1 aliphatic rings. The quantitative estimate of drug-likeness (QED) is 0.503. The lowest BCUT2D eigenvalue weighted by Crippen LogP contribution is -2.60. The third-order valence-corrected chi connectivity index (χ3v) is 3.94. The van der Waals surface area contributed by atoms with Gasteiger partial charge in [-0.15, -0.1) is 0 Å². The van der Waals surface area contributed by atoms with Gasteiger partial charge >= 0.3 is 5.97 Å². The first-order valence-corrected chi connectivity index (χ1v) is 8.11. The number of carbonyl (C=O) groups excluding carboxylic acids is 1. The number of rotatable bonds is 7. The molecule has 0 spiro atoms. The van der Waals surface area contributed by atoms with E-state index in [1.807, 2.05) is 13.8 Å². The molecule has 0 saturated heterocycles. The van der Waals surface area contributed by atoms with Crippen molar-refractivity contribution in [2.24, 2.45) is 5.73 Å². The minimum Gasteiger partial charge on any atom is -0.478 e. The monoisotopic (exact) mass is 343 g/mol. The molecule has 5 N–H and O–H groups in total. The molecular formula is C15H25N3O4S. The molecule has 0 fully saturated rings. The van der Waals surface area contributed by atoms with Crippen LogP contribution in [0.25, 0.3) is 0 Å². The van der Waals surface area contributed by atoms with E-state index >= 15 is 0 Å². The standard InChI is InChI=1S/C15H25N3O4S/c1-4-10(5-2)22-12-7-9(14(20)21)6-11(18-15(16)23)13(12)17-8(3)19/h7,10-13H,4-6H2,1-3H3,(H,17,19)(H,20,21)(H3,16,18,23)/t11-,12+,13+/m0/s1. The van der Waals surface area contributed by atoms with E-state index in [4.69, 9.17) is 22.7 Å². The van der Waals surface area contributed by atoms with Crippen molar-refractivity contribution in [3.63, 3.8) is 0 Å². The maximum Gasteiger partial charge on any atom is 0.331 e. The summed E-state index contributed by atoms with van der Waals surface area (Å²) in [6.45, 7) is 5.40. The first kappa shape index (κ1) is 19.4. The zero-order chi connectivity index (χ0) is 17.6. The lowest BCUT2D eigenvalue weighted by molar-refractivity contribution is -0.133. The van der Waals surface area contributed by atoms with Crippen molar-refractivity contribution < 1.29 is 19.4 Å². The van der Waals surface area contributed by atoms with Gasteiger partial charge < -0.3 is 26.2 Å². The average Bonchev–Trinajstić information content (AvgIpc) is 2.46. The fourth-order valence-corrected chi connectivity index (χ4v) is 2.84. The van der Waals surface area contributed by atoms with Crippen LogP contribution >= 0.6 is 12.2 Å². The Labute approximate surface area is 141 Å². The predicted octanol–water partition coefficient (Wildman–Crippen LogP) is 0.681. The van der Waals surface area contributed by atoms with Gasteiger partial charge in [0.25, 0.3) is 0 Å². The molecule has 0 bridgehead atoms. The summed E-state index contributed by atoms with van der Waals surface area (Å²) in [6, 6.07) is -0.885. The van der Waals surface area contributed by atoms with Crippen LogP contribution < -0.4 is 16.4 Å². The molecule has 7 nitrogen and oxygen atoms in total. The van der Waals surface area contributed by atoms with E-state index in [0.29, 0.717) is 0 Å².